The van der Waals surface area contributed by atoms with Crippen molar-refractivity contribution in [2.24, 2.45) is 0 Å². The molecule has 0 aromatic rings. The van der Waals surface area contributed by atoms with Gasteiger partial charge in [-0.2, -0.15) is 12.8 Å². The molecule has 0 heterocycles. The Hall–Kier alpha value is 0.977. The Kier molecular flexibility index (Phi) is 14.5. The summed E-state index contributed by atoms with van der Waals surface area (Å²) in [4.78, 5) is 0. The molecule has 136 valence electrons. The molecular weight excluding hydrogens is 370 g/mol. The third-order valence-corrected chi connectivity index (χ3v) is 13.9. The van der Waals surface area contributed by atoms with Crippen molar-refractivity contribution in [3.63, 3.8) is 0 Å². The number of hydrogen-bond acceptors (Lipinski definition) is 2. The van der Waals surface area contributed by atoms with E-state index in [1.165, 1.54) is 0 Å². The molecule has 0 N–H and O–H groups in total. The van der Waals surface area contributed by atoms with Gasteiger partial charge in [0.15, 0.2) is 16.6 Å². The Morgan fingerprint density at radius 3 is 1.00 bits per heavy atom. The molecule has 0 saturated heterocycles. The molecule has 0 aromatic heterocycles. The van der Waals surface area contributed by atoms with Gasteiger partial charge in [-0.25, -0.2) is 0 Å². The molecule has 0 rings (SSSR count). The standard InChI is InChI=1S/2C9H21OSi.Zn/c2*1-7-8-10-11(5,6)9(2,3)4;/h2*1,7-8H2,2-6H3;/q2*-1;+2. The van der Waals surface area contributed by atoms with E-state index in [2.05, 4.69) is 81.6 Å². The van der Waals surface area contributed by atoms with Crippen molar-refractivity contribution >= 4 is 16.6 Å². The summed E-state index contributed by atoms with van der Waals surface area (Å²) < 4.78 is 11.6. The third-order valence-electron chi connectivity index (χ3n) is 4.83. The molecule has 5 heteroatoms. The van der Waals surface area contributed by atoms with Crippen molar-refractivity contribution in [2.45, 2.75) is 90.6 Å². The molecule has 0 aliphatic heterocycles. The molecule has 23 heavy (non-hydrogen) atoms. The van der Waals surface area contributed by atoms with Gasteiger partial charge >= 0.3 is 19.5 Å². The van der Waals surface area contributed by atoms with Crippen LogP contribution in [0.25, 0.3) is 0 Å². The van der Waals surface area contributed by atoms with Crippen LogP contribution in [0.5, 0.6) is 0 Å². The van der Waals surface area contributed by atoms with E-state index in [9.17, 15) is 0 Å². The van der Waals surface area contributed by atoms with E-state index in [0.29, 0.717) is 10.1 Å². The van der Waals surface area contributed by atoms with Crippen LogP contribution in [0.15, 0.2) is 0 Å². The number of hydrogen-bond donors (Lipinski definition) is 0. The van der Waals surface area contributed by atoms with Gasteiger partial charge in [-0.3, -0.25) is 0 Å². The maximum absolute atomic E-state index is 5.82. The first kappa shape index (κ1) is 28.8. The Morgan fingerprint density at radius 1 is 0.652 bits per heavy atom. The Morgan fingerprint density at radius 2 is 0.870 bits per heavy atom. The predicted octanol–water partition coefficient (Wildman–Crippen LogP) is 6.46. The fraction of sp³-hybridized carbons (Fsp3) is 0.889. The van der Waals surface area contributed by atoms with E-state index in [-0.39, 0.29) is 19.5 Å². The molecule has 0 fully saturated rings. The van der Waals surface area contributed by atoms with Gasteiger partial charge in [0.05, 0.1) is 0 Å². The molecule has 0 saturated carbocycles. The Balaban J connectivity index is -0.000000333. The van der Waals surface area contributed by atoms with Gasteiger partial charge in [0.1, 0.15) is 0 Å². The smallest absolute Gasteiger partial charge is 0.419 e. The quantitative estimate of drug-likeness (QED) is 0.368. The minimum absolute atomic E-state index is 0. The maximum atomic E-state index is 5.82. The first-order valence-electron chi connectivity index (χ1n) is 8.49. The predicted molar refractivity (Wildman–Crippen MR) is 106 cm³/mol. The van der Waals surface area contributed by atoms with Crippen LogP contribution in [-0.2, 0) is 28.3 Å². The Bertz CT molecular complexity index is 262. The maximum Gasteiger partial charge on any atom is 2.00 e. The van der Waals surface area contributed by atoms with E-state index in [4.69, 9.17) is 8.85 Å². The normalized spacial score (nSPS) is 13.0. The van der Waals surface area contributed by atoms with Gasteiger partial charge in [0.2, 0.25) is 0 Å². The summed E-state index contributed by atoms with van der Waals surface area (Å²) in [6.45, 7) is 31.7. The van der Waals surface area contributed by atoms with Crippen LogP contribution in [-0.4, -0.2) is 29.8 Å². The number of rotatable bonds is 6. The van der Waals surface area contributed by atoms with E-state index >= 15 is 0 Å². The molecule has 0 spiro atoms. The van der Waals surface area contributed by atoms with Crippen molar-refractivity contribution in [3.8, 4) is 0 Å². The molecule has 0 aliphatic rings. The van der Waals surface area contributed by atoms with Gasteiger partial charge in [-0.05, 0) is 36.3 Å². The fourth-order valence-corrected chi connectivity index (χ4v) is 3.26. The van der Waals surface area contributed by atoms with Crippen molar-refractivity contribution in [2.75, 3.05) is 13.2 Å². The van der Waals surface area contributed by atoms with Crippen molar-refractivity contribution in [1.82, 2.24) is 0 Å². The molecule has 0 aliphatic carbocycles. The Labute approximate surface area is 162 Å². The summed E-state index contributed by atoms with van der Waals surface area (Å²) in [6.07, 6.45) is 1.76. The molecule has 0 bridgehead atoms. The second-order valence-corrected chi connectivity index (χ2v) is 18.5. The van der Waals surface area contributed by atoms with Crippen molar-refractivity contribution in [1.29, 1.82) is 0 Å². The monoisotopic (exact) mass is 410 g/mol. The second kappa shape index (κ2) is 11.6. The first-order chi connectivity index (χ1) is 9.62. The topological polar surface area (TPSA) is 18.5 Å². The minimum atomic E-state index is -1.47. The van der Waals surface area contributed by atoms with Crippen LogP contribution in [0.2, 0.25) is 36.3 Å². The van der Waals surface area contributed by atoms with Crippen LogP contribution in [0.4, 0.5) is 0 Å². The van der Waals surface area contributed by atoms with Gasteiger partial charge < -0.3 is 22.7 Å². The van der Waals surface area contributed by atoms with Crippen LogP contribution < -0.4 is 0 Å². The van der Waals surface area contributed by atoms with Crippen molar-refractivity contribution in [3.05, 3.63) is 13.8 Å². The largest absolute Gasteiger partial charge is 2.00 e. The second-order valence-electron chi connectivity index (χ2n) is 8.92. The summed E-state index contributed by atoms with van der Waals surface area (Å²) in [5.41, 5.74) is 0. The average Bonchev–Trinajstić information content (AvgIpc) is 2.32. The summed E-state index contributed by atoms with van der Waals surface area (Å²) in [7, 11) is -2.93. The molecule has 0 unspecified atom stereocenters. The summed E-state index contributed by atoms with van der Waals surface area (Å²) in [5.74, 6) is 0. The molecule has 0 atom stereocenters. The molecule has 0 radical (unpaired) electrons. The average molecular weight is 412 g/mol. The first-order valence-corrected chi connectivity index (χ1v) is 14.3. The zero-order valence-corrected chi connectivity index (χ0v) is 22.7. The van der Waals surface area contributed by atoms with Crippen LogP contribution in [0.1, 0.15) is 54.4 Å². The van der Waals surface area contributed by atoms with Gasteiger partial charge in [0.25, 0.3) is 0 Å². The van der Waals surface area contributed by atoms with E-state index < -0.39 is 16.6 Å². The summed E-state index contributed by atoms with van der Waals surface area (Å²) >= 11 is 0. The van der Waals surface area contributed by atoms with Crippen LogP contribution in [0.3, 0.4) is 0 Å². The molecule has 0 aromatic carbocycles. The van der Waals surface area contributed by atoms with Gasteiger partial charge in [-0.1, -0.05) is 41.5 Å². The minimum Gasteiger partial charge on any atom is -0.419 e. The van der Waals surface area contributed by atoms with Crippen LogP contribution >= 0.6 is 0 Å². The van der Waals surface area contributed by atoms with E-state index in [1.807, 2.05) is 0 Å². The van der Waals surface area contributed by atoms with Crippen LogP contribution in [0, 0.1) is 13.8 Å². The fourth-order valence-electron chi connectivity index (χ4n) is 1.09. The molecule has 0 amide bonds. The van der Waals surface area contributed by atoms with Gasteiger partial charge in [0, 0.05) is 13.2 Å². The zero-order valence-electron chi connectivity index (χ0n) is 17.8. The van der Waals surface area contributed by atoms with E-state index in [1.54, 1.807) is 0 Å². The third kappa shape index (κ3) is 12.0. The molecule has 2 nitrogen and oxygen atoms in total. The van der Waals surface area contributed by atoms with Gasteiger partial charge in [-0.15, -0.1) is 0 Å². The summed E-state index contributed by atoms with van der Waals surface area (Å²) in [6, 6.07) is 0. The molecular formula is C18H42O2Si2Zn. The summed E-state index contributed by atoms with van der Waals surface area (Å²) in [5, 5.41) is 0.671. The van der Waals surface area contributed by atoms with Crippen molar-refractivity contribution < 1.29 is 28.3 Å². The van der Waals surface area contributed by atoms with E-state index in [0.717, 1.165) is 26.1 Å². The SMILES string of the molecule is [CH2-]CCO[Si](C)(C)C(C)(C)C.[CH2-]CCO[Si](C)(C)C(C)(C)C.[Zn+2]. The zero-order chi connectivity index (χ0) is 18.2.